The van der Waals surface area contributed by atoms with E-state index in [1.807, 2.05) is 28.8 Å². The molecule has 0 atom stereocenters. The number of aryl methyl sites for hydroxylation is 1. The highest BCUT2D eigenvalue weighted by Crippen LogP contribution is 2.29. The number of unbranched alkanes of at least 4 members (excludes halogenated alkanes) is 4. The van der Waals surface area contributed by atoms with E-state index in [0.29, 0.717) is 35.7 Å². The second-order valence-electron chi connectivity index (χ2n) is 8.27. The lowest BCUT2D eigenvalue weighted by Gasteiger charge is -2.09. The fourth-order valence-corrected chi connectivity index (χ4v) is 3.90. The molecule has 0 bridgehead atoms. The van der Waals surface area contributed by atoms with Gasteiger partial charge >= 0.3 is 5.97 Å². The maximum absolute atomic E-state index is 13.0. The third-order valence-corrected chi connectivity index (χ3v) is 5.74. The minimum absolute atomic E-state index is 0.305. The SMILES string of the molecule is CCCCCCCOC(=O)c1c(N)n(Cc2ccc(C)cc2)c2nc3ccccc3nc12. The molecule has 4 rings (SSSR count). The van der Waals surface area contributed by atoms with Crippen molar-refractivity contribution < 1.29 is 9.53 Å². The molecule has 0 spiro atoms. The molecule has 0 amide bonds. The maximum Gasteiger partial charge on any atom is 0.344 e. The van der Waals surface area contributed by atoms with Crippen LogP contribution in [0.15, 0.2) is 48.5 Å². The molecule has 32 heavy (non-hydrogen) atoms. The van der Waals surface area contributed by atoms with Gasteiger partial charge in [0.2, 0.25) is 0 Å². The van der Waals surface area contributed by atoms with Crippen LogP contribution >= 0.6 is 0 Å². The second kappa shape index (κ2) is 9.81. The Morgan fingerprint density at radius 3 is 2.38 bits per heavy atom. The topological polar surface area (TPSA) is 83.0 Å². The summed E-state index contributed by atoms with van der Waals surface area (Å²) >= 11 is 0. The molecule has 2 aromatic heterocycles. The zero-order chi connectivity index (χ0) is 22.5. The fraction of sp³-hybridized carbons (Fsp3) is 0.346. The van der Waals surface area contributed by atoms with Crippen LogP contribution in [0, 0.1) is 6.92 Å². The average molecular weight is 431 g/mol. The molecule has 166 valence electrons. The highest BCUT2D eigenvalue weighted by atomic mass is 16.5. The predicted octanol–water partition coefficient (Wildman–Crippen LogP) is 5.65. The number of esters is 1. The van der Waals surface area contributed by atoms with Crippen molar-refractivity contribution in [2.75, 3.05) is 12.3 Å². The molecule has 0 fully saturated rings. The number of hydrogen-bond donors (Lipinski definition) is 1. The molecule has 0 radical (unpaired) electrons. The lowest BCUT2D eigenvalue weighted by Crippen LogP contribution is -2.11. The zero-order valence-corrected chi connectivity index (χ0v) is 18.8. The number of aromatic nitrogens is 3. The van der Waals surface area contributed by atoms with Crippen LogP contribution in [-0.4, -0.2) is 27.1 Å². The number of carbonyl (C=O) groups excluding carboxylic acids is 1. The first-order chi connectivity index (χ1) is 15.6. The Balaban J connectivity index is 1.69. The highest BCUT2D eigenvalue weighted by molar-refractivity contribution is 6.08. The summed E-state index contributed by atoms with van der Waals surface area (Å²) in [5.74, 6) is -0.0953. The zero-order valence-electron chi connectivity index (χ0n) is 18.8. The van der Waals surface area contributed by atoms with Gasteiger partial charge in [-0.05, 0) is 31.0 Å². The third-order valence-electron chi connectivity index (χ3n) is 5.74. The summed E-state index contributed by atoms with van der Waals surface area (Å²) in [7, 11) is 0. The number of benzene rings is 2. The van der Waals surface area contributed by atoms with Crippen LogP contribution < -0.4 is 5.73 Å². The van der Waals surface area contributed by atoms with Crippen LogP contribution in [-0.2, 0) is 11.3 Å². The minimum atomic E-state index is -0.435. The van der Waals surface area contributed by atoms with Crippen LogP contribution in [0.25, 0.3) is 22.2 Å². The average Bonchev–Trinajstić information content (AvgIpc) is 3.06. The predicted molar refractivity (Wildman–Crippen MR) is 129 cm³/mol. The summed E-state index contributed by atoms with van der Waals surface area (Å²) in [4.78, 5) is 22.6. The number of para-hydroxylation sites is 2. The van der Waals surface area contributed by atoms with Gasteiger partial charge < -0.3 is 15.0 Å². The van der Waals surface area contributed by atoms with E-state index in [0.717, 1.165) is 35.9 Å². The summed E-state index contributed by atoms with van der Waals surface area (Å²) in [6, 6.07) is 15.9. The summed E-state index contributed by atoms with van der Waals surface area (Å²) < 4.78 is 7.45. The van der Waals surface area contributed by atoms with Gasteiger partial charge in [0.25, 0.3) is 0 Å². The van der Waals surface area contributed by atoms with E-state index >= 15 is 0 Å². The Kier molecular flexibility index (Phi) is 6.69. The molecule has 0 saturated heterocycles. The van der Waals surface area contributed by atoms with Crippen molar-refractivity contribution in [1.29, 1.82) is 0 Å². The first kappa shape index (κ1) is 21.8. The van der Waals surface area contributed by atoms with E-state index < -0.39 is 5.97 Å². The number of carbonyl (C=O) groups is 1. The Hall–Kier alpha value is -3.41. The standard InChI is InChI=1S/C26H30N4O2/c1-3-4-5-6-9-16-32-26(31)22-23-25(29-21-11-8-7-10-20(21)28-23)30(24(22)27)17-19-14-12-18(2)13-15-19/h7-8,10-15H,3-6,9,16-17,27H2,1-2H3. The Bertz CT molecular complexity index is 1230. The van der Waals surface area contributed by atoms with Crippen molar-refractivity contribution in [2.24, 2.45) is 0 Å². The number of nitrogens with zero attached hydrogens (tertiary/aromatic N) is 3. The van der Waals surface area contributed by atoms with Crippen LogP contribution in [0.1, 0.15) is 60.5 Å². The van der Waals surface area contributed by atoms with E-state index in [9.17, 15) is 4.79 Å². The van der Waals surface area contributed by atoms with Crippen molar-refractivity contribution in [3.8, 4) is 0 Å². The van der Waals surface area contributed by atoms with E-state index in [-0.39, 0.29) is 0 Å². The van der Waals surface area contributed by atoms with Gasteiger partial charge in [-0.25, -0.2) is 14.8 Å². The van der Waals surface area contributed by atoms with E-state index in [4.69, 9.17) is 20.4 Å². The molecular weight excluding hydrogens is 400 g/mol. The number of ether oxygens (including phenoxy) is 1. The number of nitrogens with two attached hydrogens (primary N) is 1. The number of hydrogen-bond acceptors (Lipinski definition) is 5. The van der Waals surface area contributed by atoms with E-state index in [2.05, 4.69) is 38.1 Å². The first-order valence-corrected chi connectivity index (χ1v) is 11.4. The number of rotatable bonds is 9. The lowest BCUT2D eigenvalue weighted by atomic mass is 10.1. The first-order valence-electron chi connectivity index (χ1n) is 11.4. The summed E-state index contributed by atoms with van der Waals surface area (Å²) in [5, 5.41) is 0. The third kappa shape index (κ3) is 4.59. The normalized spacial score (nSPS) is 11.3. The second-order valence-corrected chi connectivity index (χ2v) is 8.27. The van der Waals surface area contributed by atoms with Crippen LogP contribution in [0.4, 0.5) is 5.82 Å². The van der Waals surface area contributed by atoms with Gasteiger partial charge in [-0.15, -0.1) is 0 Å². The monoisotopic (exact) mass is 430 g/mol. The van der Waals surface area contributed by atoms with Gasteiger partial charge in [-0.3, -0.25) is 0 Å². The van der Waals surface area contributed by atoms with Gasteiger partial charge in [0.15, 0.2) is 5.65 Å². The van der Waals surface area contributed by atoms with Gasteiger partial charge in [0.05, 0.1) is 24.2 Å². The number of anilines is 1. The minimum Gasteiger partial charge on any atom is -0.462 e. The molecule has 0 aliphatic rings. The smallest absolute Gasteiger partial charge is 0.344 e. The Labute approximate surface area is 188 Å². The van der Waals surface area contributed by atoms with Crippen molar-refractivity contribution in [3.05, 3.63) is 65.2 Å². The number of fused-ring (bicyclic) bond motifs is 2. The molecule has 4 aromatic rings. The molecule has 0 aliphatic heterocycles. The van der Waals surface area contributed by atoms with Crippen molar-refractivity contribution in [2.45, 2.75) is 52.5 Å². The molecule has 0 aliphatic carbocycles. The molecule has 6 heteroatoms. The van der Waals surface area contributed by atoms with Gasteiger partial charge in [-0.2, -0.15) is 0 Å². The van der Waals surface area contributed by atoms with Crippen LogP contribution in [0.3, 0.4) is 0 Å². The molecular formula is C26H30N4O2. The maximum atomic E-state index is 13.0. The van der Waals surface area contributed by atoms with Crippen molar-refractivity contribution in [3.63, 3.8) is 0 Å². The molecule has 6 nitrogen and oxygen atoms in total. The highest BCUT2D eigenvalue weighted by Gasteiger charge is 2.25. The summed E-state index contributed by atoms with van der Waals surface area (Å²) in [5.41, 5.74) is 11.6. The molecule has 0 saturated carbocycles. The van der Waals surface area contributed by atoms with Gasteiger partial charge in [-0.1, -0.05) is 74.6 Å². The van der Waals surface area contributed by atoms with Crippen molar-refractivity contribution in [1.82, 2.24) is 14.5 Å². The summed E-state index contributed by atoms with van der Waals surface area (Å²) in [6.45, 7) is 5.12. The fourth-order valence-electron chi connectivity index (χ4n) is 3.90. The van der Waals surface area contributed by atoms with Crippen LogP contribution in [0.2, 0.25) is 0 Å². The Morgan fingerprint density at radius 2 is 1.66 bits per heavy atom. The molecule has 0 unspecified atom stereocenters. The quantitative estimate of drug-likeness (QED) is 0.274. The van der Waals surface area contributed by atoms with Gasteiger partial charge in [0, 0.05) is 0 Å². The van der Waals surface area contributed by atoms with Crippen molar-refractivity contribution >= 4 is 34.0 Å². The van der Waals surface area contributed by atoms with Gasteiger partial charge in [0.1, 0.15) is 16.9 Å². The van der Waals surface area contributed by atoms with E-state index in [1.54, 1.807) is 0 Å². The van der Waals surface area contributed by atoms with Crippen LogP contribution in [0.5, 0.6) is 0 Å². The lowest BCUT2D eigenvalue weighted by molar-refractivity contribution is 0.0501. The molecule has 2 heterocycles. The number of nitrogen functional groups attached to an aromatic ring is 1. The molecule has 2 aromatic carbocycles. The Morgan fingerprint density at radius 1 is 0.969 bits per heavy atom. The largest absolute Gasteiger partial charge is 0.462 e. The van der Waals surface area contributed by atoms with E-state index in [1.165, 1.54) is 18.4 Å². The summed E-state index contributed by atoms with van der Waals surface area (Å²) in [6.07, 6.45) is 5.45. The molecule has 2 N–H and O–H groups in total.